The summed E-state index contributed by atoms with van der Waals surface area (Å²) < 4.78 is 54.1. The van der Waals surface area contributed by atoms with Gasteiger partial charge < -0.3 is 25.4 Å². The second-order valence-electron chi connectivity index (χ2n) is 13.7. The lowest BCUT2D eigenvalue weighted by atomic mass is 9.86. The Kier molecular flexibility index (Phi) is 10.4. The van der Waals surface area contributed by atoms with E-state index in [1.807, 2.05) is 0 Å². The van der Waals surface area contributed by atoms with Gasteiger partial charge in [-0.2, -0.15) is 0 Å². The molecule has 3 aliphatic rings. The molecule has 256 valence electrons. The van der Waals surface area contributed by atoms with Crippen molar-refractivity contribution >= 4 is 39.1 Å². The number of nitrogens with zero attached hydrogens (tertiary/aromatic N) is 1. The Balaban J connectivity index is 1.30. The van der Waals surface area contributed by atoms with Gasteiger partial charge in [0.1, 0.15) is 10.6 Å². The maximum Gasteiger partial charge on any atom is 0.407 e. The summed E-state index contributed by atoms with van der Waals surface area (Å²) in [7, 11) is -3.98. The van der Waals surface area contributed by atoms with Gasteiger partial charge in [0.05, 0.1) is 29.1 Å². The molecule has 47 heavy (non-hydrogen) atoms. The highest BCUT2D eigenvalue weighted by atomic mass is 32.2. The predicted octanol–water partition coefficient (Wildman–Crippen LogP) is 5.64. The largest absolute Gasteiger partial charge is 0.441 e. The van der Waals surface area contributed by atoms with Crippen LogP contribution in [0.15, 0.2) is 48.3 Å². The SMILES string of the molecule is C[C@H](NC(=O)NC1=CC=C(c2cnc(C3CCC(NC(=O)OC4COC4)CC3)s2)C(C)(S(=O)(=O)NC(C)(C)C)C1)c1ccccc1F. The van der Waals surface area contributed by atoms with Gasteiger partial charge in [0.15, 0.2) is 6.10 Å². The molecule has 14 heteroatoms. The van der Waals surface area contributed by atoms with Crippen molar-refractivity contribution in [3.8, 4) is 0 Å². The van der Waals surface area contributed by atoms with E-state index in [9.17, 15) is 22.4 Å². The Morgan fingerprint density at radius 3 is 2.47 bits per heavy atom. The number of aromatic nitrogens is 1. The lowest BCUT2D eigenvalue weighted by Crippen LogP contribution is -2.53. The van der Waals surface area contributed by atoms with Crippen LogP contribution in [0.2, 0.25) is 0 Å². The summed E-state index contributed by atoms with van der Waals surface area (Å²) in [6.07, 6.45) is 7.83. The third-order valence-electron chi connectivity index (χ3n) is 8.64. The van der Waals surface area contributed by atoms with Crippen LogP contribution in [-0.4, -0.2) is 61.2 Å². The summed E-state index contributed by atoms with van der Waals surface area (Å²) in [5, 5.41) is 9.41. The Bertz CT molecular complexity index is 1640. The molecular formula is C33H44FN5O6S2. The zero-order valence-electron chi connectivity index (χ0n) is 27.4. The topological polar surface area (TPSA) is 148 Å². The third kappa shape index (κ3) is 8.40. The molecule has 0 radical (unpaired) electrons. The molecule has 2 aromatic rings. The number of rotatable bonds is 9. The molecule has 2 aliphatic carbocycles. The summed E-state index contributed by atoms with van der Waals surface area (Å²) in [5.74, 6) is -0.236. The molecule has 2 heterocycles. The van der Waals surface area contributed by atoms with Crippen LogP contribution in [0.4, 0.5) is 14.0 Å². The summed E-state index contributed by atoms with van der Waals surface area (Å²) in [6, 6.07) is 5.06. The van der Waals surface area contributed by atoms with E-state index in [4.69, 9.17) is 14.5 Å². The number of urea groups is 1. The molecule has 5 rings (SSSR count). The van der Waals surface area contributed by atoms with Crippen LogP contribution in [-0.2, 0) is 19.5 Å². The predicted molar refractivity (Wildman–Crippen MR) is 179 cm³/mol. The number of nitrogens with one attached hydrogen (secondary N) is 4. The average molecular weight is 690 g/mol. The van der Waals surface area contributed by atoms with E-state index in [1.165, 1.54) is 17.4 Å². The highest BCUT2D eigenvalue weighted by Crippen LogP contribution is 2.45. The number of carbonyl (C=O) groups excluding carboxylic acids is 2. The van der Waals surface area contributed by atoms with Gasteiger partial charge in [-0.05, 0) is 78.0 Å². The molecule has 0 bridgehead atoms. The fraction of sp³-hybridized carbons (Fsp3) is 0.545. The number of allylic oxidation sites excluding steroid dienone is 3. The van der Waals surface area contributed by atoms with Crippen molar-refractivity contribution in [2.45, 2.75) is 101 Å². The van der Waals surface area contributed by atoms with Crippen molar-refractivity contribution in [1.29, 1.82) is 0 Å². The first-order chi connectivity index (χ1) is 22.1. The second-order valence-corrected chi connectivity index (χ2v) is 16.9. The first-order valence-electron chi connectivity index (χ1n) is 15.9. The minimum Gasteiger partial charge on any atom is -0.441 e. The second kappa shape index (κ2) is 14.0. The molecule has 2 atom stereocenters. The number of halogens is 1. The van der Waals surface area contributed by atoms with Crippen molar-refractivity contribution in [2.75, 3.05) is 13.2 Å². The van der Waals surface area contributed by atoms with Gasteiger partial charge in [-0.1, -0.05) is 24.3 Å². The van der Waals surface area contributed by atoms with E-state index in [0.29, 0.717) is 30.0 Å². The van der Waals surface area contributed by atoms with Crippen molar-refractivity contribution in [1.82, 2.24) is 25.7 Å². The molecule has 1 aromatic carbocycles. The van der Waals surface area contributed by atoms with Gasteiger partial charge in [-0.25, -0.2) is 32.1 Å². The average Bonchev–Trinajstić information content (AvgIpc) is 3.44. The molecule has 0 spiro atoms. The summed E-state index contributed by atoms with van der Waals surface area (Å²) >= 11 is 1.48. The Hall–Kier alpha value is -3.33. The van der Waals surface area contributed by atoms with Gasteiger partial charge in [-0.3, -0.25) is 0 Å². The molecule has 3 amide bonds. The van der Waals surface area contributed by atoms with E-state index in [1.54, 1.807) is 71.2 Å². The maximum absolute atomic E-state index is 14.3. The molecule has 2 fully saturated rings. The van der Waals surface area contributed by atoms with Crippen LogP contribution in [0.5, 0.6) is 0 Å². The molecule has 4 N–H and O–H groups in total. The van der Waals surface area contributed by atoms with Crippen molar-refractivity contribution in [2.24, 2.45) is 0 Å². The van der Waals surface area contributed by atoms with Crippen LogP contribution < -0.4 is 20.7 Å². The van der Waals surface area contributed by atoms with Gasteiger partial charge in [0.25, 0.3) is 0 Å². The number of ether oxygens (including phenoxy) is 2. The third-order valence-corrected chi connectivity index (χ3v) is 12.3. The van der Waals surface area contributed by atoms with E-state index in [0.717, 1.165) is 35.6 Å². The van der Waals surface area contributed by atoms with Gasteiger partial charge >= 0.3 is 12.1 Å². The van der Waals surface area contributed by atoms with E-state index in [-0.39, 0.29) is 24.5 Å². The van der Waals surface area contributed by atoms with Crippen LogP contribution in [0, 0.1) is 5.82 Å². The van der Waals surface area contributed by atoms with Gasteiger partial charge in [0, 0.05) is 41.4 Å². The van der Waals surface area contributed by atoms with Crippen LogP contribution in [0.3, 0.4) is 0 Å². The zero-order chi connectivity index (χ0) is 34.0. The number of hydrogen-bond donors (Lipinski definition) is 4. The minimum atomic E-state index is -3.98. The summed E-state index contributed by atoms with van der Waals surface area (Å²) in [4.78, 5) is 30.6. The van der Waals surface area contributed by atoms with Crippen molar-refractivity contribution in [3.63, 3.8) is 0 Å². The molecule has 1 saturated heterocycles. The number of benzene rings is 1. The van der Waals surface area contributed by atoms with E-state index in [2.05, 4.69) is 20.7 Å². The van der Waals surface area contributed by atoms with Crippen LogP contribution in [0.25, 0.3) is 5.57 Å². The summed E-state index contributed by atoms with van der Waals surface area (Å²) in [6.45, 7) is 9.56. The highest BCUT2D eigenvalue weighted by molar-refractivity contribution is 7.91. The van der Waals surface area contributed by atoms with E-state index >= 15 is 0 Å². The molecule has 1 saturated carbocycles. The highest BCUT2D eigenvalue weighted by Gasteiger charge is 2.47. The summed E-state index contributed by atoms with van der Waals surface area (Å²) in [5.41, 5.74) is 0.601. The normalized spacial score (nSPS) is 24.3. The number of carbonyl (C=O) groups is 2. The number of sulfonamides is 1. The fourth-order valence-electron chi connectivity index (χ4n) is 6.06. The Morgan fingerprint density at radius 2 is 1.83 bits per heavy atom. The Morgan fingerprint density at radius 1 is 1.13 bits per heavy atom. The lowest BCUT2D eigenvalue weighted by Gasteiger charge is -2.37. The monoisotopic (exact) mass is 689 g/mol. The van der Waals surface area contributed by atoms with Crippen molar-refractivity contribution in [3.05, 3.63) is 69.6 Å². The maximum atomic E-state index is 14.3. The Labute approximate surface area is 279 Å². The smallest absolute Gasteiger partial charge is 0.407 e. The quantitative estimate of drug-likeness (QED) is 0.266. The van der Waals surface area contributed by atoms with E-state index < -0.39 is 44.3 Å². The number of amides is 3. The molecule has 1 aliphatic heterocycles. The van der Waals surface area contributed by atoms with Crippen LogP contribution >= 0.6 is 11.3 Å². The molecule has 1 aromatic heterocycles. The first kappa shape index (κ1) is 35.0. The lowest BCUT2D eigenvalue weighted by molar-refractivity contribution is -0.0985. The fourth-order valence-corrected chi connectivity index (χ4v) is 9.22. The number of thiazole rings is 1. The zero-order valence-corrected chi connectivity index (χ0v) is 29.0. The van der Waals surface area contributed by atoms with Gasteiger partial charge in [0.2, 0.25) is 10.0 Å². The van der Waals surface area contributed by atoms with Crippen molar-refractivity contribution < 1.29 is 31.9 Å². The van der Waals surface area contributed by atoms with Gasteiger partial charge in [-0.15, -0.1) is 11.3 Å². The first-order valence-corrected chi connectivity index (χ1v) is 18.2. The standard InChI is InChI=1S/C33H44FN5O6S2/c1-20(25-8-6-7-9-27(25)34)36-30(40)37-23-14-15-26(33(5,16-23)47(42,43)39-32(2,3)4)28-17-35-29(46-28)21-10-12-22(13-11-21)38-31(41)45-24-18-44-19-24/h6-9,14-15,17,20-22,24,39H,10-13,16,18-19H2,1-5H3,(H,38,41)(H2,36,37,40)/t20-,21?,22?,33?/m0/s1. The molecule has 1 unspecified atom stereocenters. The van der Waals surface area contributed by atoms with Crippen LogP contribution in [0.1, 0.15) is 94.1 Å². The number of alkyl carbamates (subject to hydrolysis) is 1. The number of hydrogen-bond acceptors (Lipinski definition) is 8. The molecule has 11 nitrogen and oxygen atoms in total. The minimum absolute atomic E-state index is 0.00115. The molecular weight excluding hydrogens is 646 g/mol.